The molecule has 0 aliphatic rings. The van der Waals surface area contributed by atoms with Crippen molar-refractivity contribution in [3.8, 4) is 17.0 Å². The van der Waals surface area contributed by atoms with Gasteiger partial charge in [0.15, 0.2) is 12.3 Å². The number of fused-ring (bicyclic) bond motifs is 1. The van der Waals surface area contributed by atoms with Crippen LogP contribution in [0.15, 0.2) is 66.9 Å². The average Bonchev–Trinajstić information content (AvgIpc) is 3.27. The quantitative estimate of drug-likeness (QED) is 0.431. The van der Waals surface area contributed by atoms with Crippen LogP contribution in [0.4, 0.5) is 5.69 Å². The highest BCUT2D eigenvalue weighted by Gasteiger charge is 2.17. The van der Waals surface area contributed by atoms with Crippen molar-refractivity contribution in [2.24, 2.45) is 0 Å². The molecule has 0 spiro atoms. The number of aromatic nitrogens is 3. The smallest absolute Gasteiger partial charge is 0.257 e. The molecule has 0 radical (unpaired) electrons. The lowest BCUT2D eigenvalue weighted by atomic mass is 10.1. The lowest BCUT2D eigenvalue weighted by Gasteiger charge is -2.10. The molecule has 0 atom stereocenters. The second kappa shape index (κ2) is 9.95. The number of pyridine rings is 1. The number of carbonyl (C=O) groups is 2. The number of rotatable bonds is 8. The lowest BCUT2D eigenvalue weighted by Crippen LogP contribution is -2.28. The van der Waals surface area contributed by atoms with Crippen LogP contribution in [0.1, 0.15) is 24.2 Å². The van der Waals surface area contributed by atoms with Crippen LogP contribution in [0.25, 0.3) is 22.3 Å². The Bertz CT molecular complexity index is 1270. The van der Waals surface area contributed by atoms with E-state index in [1.54, 1.807) is 41.2 Å². The summed E-state index contributed by atoms with van der Waals surface area (Å²) in [5.41, 5.74) is 3.40. The summed E-state index contributed by atoms with van der Waals surface area (Å²) in [6.07, 6.45) is 1.67. The molecule has 2 heterocycles. The molecule has 33 heavy (non-hydrogen) atoms. The molecule has 0 fully saturated rings. The Balaban J connectivity index is 1.58. The minimum atomic E-state index is -0.258. The van der Waals surface area contributed by atoms with Gasteiger partial charge in [-0.25, -0.2) is 9.67 Å². The highest BCUT2D eigenvalue weighted by Crippen LogP contribution is 2.26. The number of likely N-dealkylation sites (N-methyl/N-ethyl adjacent to an activating group) is 1. The largest absolute Gasteiger partial charge is 0.484 e. The van der Waals surface area contributed by atoms with E-state index in [0.717, 1.165) is 5.56 Å². The fourth-order valence-corrected chi connectivity index (χ4v) is 3.45. The van der Waals surface area contributed by atoms with Crippen molar-refractivity contribution in [3.05, 3.63) is 72.4 Å². The molecular weight excluding hydrogens is 418 g/mol. The van der Waals surface area contributed by atoms with Crippen LogP contribution in [0.3, 0.4) is 0 Å². The zero-order valence-electron chi connectivity index (χ0n) is 18.5. The van der Waals surface area contributed by atoms with Crippen LogP contribution in [0.2, 0.25) is 0 Å². The normalized spacial score (nSPS) is 10.7. The van der Waals surface area contributed by atoms with Crippen LogP contribution in [-0.2, 0) is 11.3 Å². The Hall–Kier alpha value is -4.20. The second-order valence-corrected chi connectivity index (χ2v) is 7.34. The molecule has 0 unspecified atom stereocenters. The van der Waals surface area contributed by atoms with Crippen LogP contribution in [0, 0.1) is 0 Å². The highest BCUT2D eigenvalue weighted by molar-refractivity contribution is 6.12. The Labute approximate surface area is 191 Å². The topological polar surface area (TPSA) is 98.1 Å². The first-order chi connectivity index (χ1) is 16.1. The van der Waals surface area contributed by atoms with Gasteiger partial charge >= 0.3 is 0 Å². The molecule has 0 saturated heterocycles. The molecule has 4 aromatic rings. The fourth-order valence-electron chi connectivity index (χ4n) is 3.45. The van der Waals surface area contributed by atoms with E-state index < -0.39 is 0 Å². The minimum Gasteiger partial charge on any atom is -0.484 e. The molecule has 2 aromatic heterocycles. The van der Waals surface area contributed by atoms with Gasteiger partial charge in [0, 0.05) is 24.3 Å². The summed E-state index contributed by atoms with van der Waals surface area (Å²) in [5, 5.41) is 10.7. The van der Waals surface area contributed by atoms with Crippen molar-refractivity contribution in [2.45, 2.75) is 20.4 Å². The second-order valence-electron chi connectivity index (χ2n) is 7.34. The molecule has 4 rings (SSSR count). The number of amides is 2. The Morgan fingerprint density at radius 3 is 2.48 bits per heavy atom. The van der Waals surface area contributed by atoms with E-state index in [0.29, 0.717) is 46.8 Å². The minimum absolute atomic E-state index is 0.0573. The van der Waals surface area contributed by atoms with Gasteiger partial charge in [-0.05, 0) is 44.2 Å². The third kappa shape index (κ3) is 5.01. The maximum atomic E-state index is 13.2. The van der Waals surface area contributed by atoms with Gasteiger partial charge in [-0.2, -0.15) is 5.10 Å². The van der Waals surface area contributed by atoms with E-state index >= 15 is 0 Å². The zero-order chi connectivity index (χ0) is 23.2. The molecule has 0 aliphatic heterocycles. The fraction of sp³-hybridized carbons (Fsp3) is 0.200. The molecule has 168 valence electrons. The van der Waals surface area contributed by atoms with Crippen molar-refractivity contribution in [3.63, 3.8) is 0 Å². The third-order valence-corrected chi connectivity index (χ3v) is 5.08. The third-order valence-electron chi connectivity index (χ3n) is 5.08. The van der Waals surface area contributed by atoms with E-state index in [4.69, 9.17) is 9.72 Å². The summed E-state index contributed by atoms with van der Waals surface area (Å²) in [6, 6.07) is 18.4. The van der Waals surface area contributed by atoms with Gasteiger partial charge in [0.1, 0.15) is 5.75 Å². The Kier molecular flexibility index (Phi) is 6.64. The lowest BCUT2D eigenvalue weighted by molar-refractivity contribution is -0.122. The highest BCUT2D eigenvalue weighted by atomic mass is 16.5. The van der Waals surface area contributed by atoms with Crippen molar-refractivity contribution < 1.29 is 14.3 Å². The predicted molar refractivity (Wildman–Crippen MR) is 127 cm³/mol. The number of nitrogens with one attached hydrogen (secondary N) is 2. The summed E-state index contributed by atoms with van der Waals surface area (Å²) in [5.74, 6) is 0.103. The number of hydrogen-bond acceptors (Lipinski definition) is 5. The Morgan fingerprint density at radius 1 is 1.03 bits per heavy atom. The maximum Gasteiger partial charge on any atom is 0.257 e. The number of carbonyl (C=O) groups excluding carboxylic acids is 2. The van der Waals surface area contributed by atoms with Gasteiger partial charge in [-0.1, -0.05) is 30.3 Å². The first-order valence-corrected chi connectivity index (χ1v) is 10.8. The summed E-state index contributed by atoms with van der Waals surface area (Å²) < 4.78 is 7.24. The zero-order valence-corrected chi connectivity index (χ0v) is 18.5. The van der Waals surface area contributed by atoms with E-state index in [9.17, 15) is 9.59 Å². The van der Waals surface area contributed by atoms with E-state index in [1.807, 2.05) is 44.2 Å². The summed E-state index contributed by atoms with van der Waals surface area (Å²) in [7, 11) is 0. The van der Waals surface area contributed by atoms with Crippen molar-refractivity contribution in [1.82, 2.24) is 20.1 Å². The standard InChI is InChI=1S/C25H25N5O3/c1-3-26-23(31)16-33-19-12-10-18(11-13-19)28-25(32)20-14-22(17-8-6-5-7-9-17)29-24-21(20)15-27-30(24)4-2/h5-15H,3-4,16H2,1-2H3,(H,26,31)(H,28,32). The molecule has 2 N–H and O–H groups in total. The number of hydrogen-bond donors (Lipinski definition) is 2. The number of aryl methyl sites for hydroxylation is 1. The summed E-state index contributed by atoms with van der Waals surface area (Å²) in [6.45, 7) is 4.98. The molecule has 0 aliphatic carbocycles. The van der Waals surface area contributed by atoms with Gasteiger partial charge in [0.25, 0.3) is 11.8 Å². The molecule has 0 saturated carbocycles. The number of anilines is 1. The van der Waals surface area contributed by atoms with Gasteiger partial charge in [-0.3, -0.25) is 9.59 Å². The number of benzene rings is 2. The van der Waals surface area contributed by atoms with Gasteiger partial charge < -0.3 is 15.4 Å². The number of nitrogens with zero attached hydrogens (tertiary/aromatic N) is 3. The number of ether oxygens (including phenoxy) is 1. The van der Waals surface area contributed by atoms with Crippen molar-refractivity contribution in [2.75, 3.05) is 18.5 Å². The molecule has 0 bridgehead atoms. The Morgan fingerprint density at radius 2 is 1.79 bits per heavy atom. The molecule has 2 aromatic carbocycles. The predicted octanol–water partition coefficient (Wildman–Crippen LogP) is 3.89. The molecule has 8 heteroatoms. The van der Waals surface area contributed by atoms with Crippen LogP contribution in [-0.4, -0.2) is 39.7 Å². The van der Waals surface area contributed by atoms with Gasteiger partial charge in [-0.15, -0.1) is 0 Å². The van der Waals surface area contributed by atoms with E-state index in [2.05, 4.69) is 15.7 Å². The van der Waals surface area contributed by atoms with E-state index in [-0.39, 0.29) is 18.4 Å². The van der Waals surface area contributed by atoms with E-state index in [1.165, 1.54) is 0 Å². The summed E-state index contributed by atoms with van der Waals surface area (Å²) in [4.78, 5) is 29.5. The van der Waals surface area contributed by atoms with Crippen molar-refractivity contribution >= 4 is 28.5 Å². The maximum absolute atomic E-state index is 13.2. The SMILES string of the molecule is CCNC(=O)COc1ccc(NC(=O)c2cc(-c3ccccc3)nc3c2cnn3CC)cc1. The summed E-state index contributed by atoms with van der Waals surface area (Å²) >= 11 is 0. The molecular formula is C25H25N5O3. The molecule has 2 amide bonds. The van der Waals surface area contributed by atoms with Gasteiger partial charge in [0.2, 0.25) is 0 Å². The average molecular weight is 444 g/mol. The first-order valence-electron chi connectivity index (χ1n) is 10.8. The van der Waals surface area contributed by atoms with Gasteiger partial charge in [0.05, 0.1) is 22.8 Å². The first kappa shape index (κ1) is 22.0. The monoisotopic (exact) mass is 443 g/mol. The van der Waals surface area contributed by atoms with Crippen LogP contribution < -0.4 is 15.4 Å². The van der Waals surface area contributed by atoms with Crippen LogP contribution >= 0.6 is 0 Å². The molecule has 8 nitrogen and oxygen atoms in total. The van der Waals surface area contributed by atoms with Crippen molar-refractivity contribution in [1.29, 1.82) is 0 Å². The van der Waals surface area contributed by atoms with Crippen LogP contribution in [0.5, 0.6) is 5.75 Å².